The van der Waals surface area contributed by atoms with Crippen molar-refractivity contribution in [1.82, 2.24) is 24.6 Å². The van der Waals surface area contributed by atoms with Gasteiger partial charge in [0.25, 0.3) is 11.5 Å². The summed E-state index contributed by atoms with van der Waals surface area (Å²) in [5.74, 6) is -0.609. The zero-order valence-corrected chi connectivity index (χ0v) is 15.8. The minimum Gasteiger partial charge on any atom is -0.333 e. The van der Waals surface area contributed by atoms with Gasteiger partial charge in [0.05, 0.1) is 29.0 Å². The standard InChI is InChI=1S/C22H16FN5O2/c23-15-5-3-4-14(10-15)17-8-9-21(29)28(26-17)16-12-27(13-16)22(30)20-11-24-18-6-1-2-7-19(18)25-20/h1-11,16H,12-13H2. The minimum absolute atomic E-state index is 0.237. The highest BCUT2D eigenvalue weighted by molar-refractivity contribution is 5.94. The molecule has 1 fully saturated rings. The lowest BCUT2D eigenvalue weighted by molar-refractivity contribution is 0.0487. The average molecular weight is 401 g/mol. The van der Waals surface area contributed by atoms with Gasteiger partial charge in [-0.15, -0.1) is 0 Å². The van der Waals surface area contributed by atoms with Crippen LogP contribution in [-0.4, -0.2) is 43.6 Å². The Morgan fingerprint density at radius 1 is 1.00 bits per heavy atom. The van der Waals surface area contributed by atoms with Crippen LogP contribution in [0.25, 0.3) is 22.3 Å². The molecule has 7 nitrogen and oxygen atoms in total. The lowest BCUT2D eigenvalue weighted by Gasteiger charge is -2.39. The monoisotopic (exact) mass is 401 g/mol. The molecule has 1 amide bonds. The van der Waals surface area contributed by atoms with E-state index in [2.05, 4.69) is 15.1 Å². The Morgan fingerprint density at radius 2 is 1.80 bits per heavy atom. The Bertz CT molecular complexity index is 1330. The fourth-order valence-corrected chi connectivity index (χ4v) is 3.49. The predicted octanol–water partition coefficient (Wildman–Crippen LogP) is 2.69. The Labute approximate surface area is 170 Å². The van der Waals surface area contributed by atoms with Crippen molar-refractivity contribution in [3.63, 3.8) is 0 Å². The molecule has 0 unspecified atom stereocenters. The summed E-state index contributed by atoms with van der Waals surface area (Å²) in [6.07, 6.45) is 1.47. The van der Waals surface area contributed by atoms with E-state index in [9.17, 15) is 14.0 Å². The Kier molecular flexibility index (Phi) is 4.31. The Hall–Kier alpha value is -3.94. The number of carbonyl (C=O) groups excluding carboxylic acids is 1. The number of carbonyl (C=O) groups is 1. The lowest BCUT2D eigenvalue weighted by atomic mass is 10.1. The third-order valence-corrected chi connectivity index (χ3v) is 5.11. The molecule has 0 saturated carbocycles. The number of hydrogen-bond donors (Lipinski definition) is 0. The highest BCUT2D eigenvalue weighted by Gasteiger charge is 2.34. The van der Waals surface area contributed by atoms with Crippen LogP contribution in [0, 0.1) is 5.82 Å². The second-order valence-electron chi connectivity index (χ2n) is 7.12. The summed E-state index contributed by atoms with van der Waals surface area (Å²) in [6.45, 7) is 0.680. The summed E-state index contributed by atoms with van der Waals surface area (Å²) in [4.78, 5) is 35.3. The van der Waals surface area contributed by atoms with Gasteiger partial charge in [-0.25, -0.2) is 14.1 Å². The SMILES string of the molecule is O=C(c1cnc2ccccc2n1)N1CC(n2nc(-c3cccc(F)c3)ccc2=O)C1. The van der Waals surface area contributed by atoms with E-state index in [1.165, 1.54) is 29.1 Å². The molecule has 0 aliphatic carbocycles. The molecule has 0 bridgehead atoms. The van der Waals surface area contributed by atoms with Crippen molar-refractivity contribution < 1.29 is 9.18 Å². The van der Waals surface area contributed by atoms with Crippen LogP contribution in [0.15, 0.2) is 71.7 Å². The molecule has 0 radical (unpaired) electrons. The van der Waals surface area contributed by atoms with E-state index in [0.717, 1.165) is 5.52 Å². The molecule has 5 rings (SSSR count). The second kappa shape index (κ2) is 7.14. The highest BCUT2D eigenvalue weighted by Crippen LogP contribution is 2.23. The molecule has 2 aromatic carbocycles. The number of rotatable bonds is 3. The van der Waals surface area contributed by atoms with Crippen molar-refractivity contribution in [3.8, 4) is 11.3 Å². The smallest absolute Gasteiger partial charge is 0.274 e. The van der Waals surface area contributed by atoms with Crippen LogP contribution in [0.3, 0.4) is 0 Å². The number of amides is 1. The molecule has 8 heteroatoms. The fraction of sp³-hybridized carbons (Fsp3) is 0.136. The van der Waals surface area contributed by atoms with Crippen molar-refractivity contribution in [2.24, 2.45) is 0 Å². The van der Waals surface area contributed by atoms with Crippen LogP contribution in [0.5, 0.6) is 0 Å². The number of likely N-dealkylation sites (tertiary alicyclic amines) is 1. The molecule has 0 spiro atoms. The van der Waals surface area contributed by atoms with Crippen molar-refractivity contribution in [2.75, 3.05) is 13.1 Å². The summed E-state index contributed by atoms with van der Waals surface area (Å²) in [7, 11) is 0. The van der Waals surface area contributed by atoms with E-state index < -0.39 is 0 Å². The third kappa shape index (κ3) is 3.22. The molecule has 30 heavy (non-hydrogen) atoms. The first-order chi connectivity index (χ1) is 14.6. The summed E-state index contributed by atoms with van der Waals surface area (Å²) < 4.78 is 14.9. The van der Waals surface area contributed by atoms with Crippen LogP contribution in [0.1, 0.15) is 16.5 Å². The number of aromatic nitrogens is 4. The van der Waals surface area contributed by atoms with Gasteiger partial charge in [0, 0.05) is 24.7 Å². The van der Waals surface area contributed by atoms with E-state index in [4.69, 9.17) is 0 Å². The molecule has 2 aromatic heterocycles. The maximum absolute atomic E-state index is 13.5. The maximum atomic E-state index is 13.5. The number of benzene rings is 2. The zero-order valence-electron chi connectivity index (χ0n) is 15.8. The van der Waals surface area contributed by atoms with Gasteiger partial charge in [-0.3, -0.25) is 14.6 Å². The largest absolute Gasteiger partial charge is 0.333 e. The van der Waals surface area contributed by atoms with Crippen molar-refractivity contribution >= 4 is 16.9 Å². The van der Waals surface area contributed by atoms with Gasteiger partial charge in [0.1, 0.15) is 11.5 Å². The first-order valence-electron chi connectivity index (χ1n) is 9.45. The maximum Gasteiger partial charge on any atom is 0.274 e. The number of nitrogens with zero attached hydrogens (tertiary/aromatic N) is 5. The third-order valence-electron chi connectivity index (χ3n) is 5.11. The molecule has 4 aromatic rings. The highest BCUT2D eigenvalue weighted by atomic mass is 19.1. The molecule has 0 N–H and O–H groups in total. The molecule has 1 aliphatic rings. The topological polar surface area (TPSA) is 81.0 Å². The van der Waals surface area contributed by atoms with E-state index >= 15 is 0 Å². The van der Waals surface area contributed by atoms with Crippen molar-refractivity contribution in [1.29, 1.82) is 0 Å². The zero-order chi connectivity index (χ0) is 20.7. The number of halogens is 1. The van der Waals surface area contributed by atoms with Gasteiger partial charge in [0.15, 0.2) is 0 Å². The fourth-order valence-electron chi connectivity index (χ4n) is 3.49. The van der Waals surface area contributed by atoms with Gasteiger partial charge in [0.2, 0.25) is 0 Å². The van der Waals surface area contributed by atoms with Crippen LogP contribution in [-0.2, 0) is 0 Å². The van der Waals surface area contributed by atoms with Gasteiger partial charge in [-0.05, 0) is 30.3 Å². The Morgan fingerprint density at radius 3 is 2.60 bits per heavy atom. The average Bonchev–Trinajstić information content (AvgIpc) is 2.73. The molecular formula is C22H16FN5O2. The summed E-state index contributed by atoms with van der Waals surface area (Å²) in [5.41, 5.74) is 2.46. The van der Waals surface area contributed by atoms with E-state index in [1.807, 2.05) is 18.2 Å². The molecule has 1 aliphatic heterocycles. The van der Waals surface area contributed by atoms with Gasteiger partial charge in [-0.1, -0.05) is 24.3 Å². The second-order valence-corrected chi connectivity index (χ2v) is 7.12. The number of para-hydroxylation sites is 2. The molecule has 3 heterocycles. The quantitative estimate of drug-likeness (QED) is 0.527. The van der Waals surface area contributed by atoms with E-state index in [-0.39, 0.29) is 29.0 Å². The van der Waals surface area contributed by atoms with Gasteiger partial charge < -0.3 is 4.90 Å². The van der Waals surface area contributed by atoms with Crippen LogP contribution in [0.4, 0.5) is 4.39 Å². The number of hydrogen-bond acceptors (Lipinski definition) is 5. The van der Waals surface area contributed by atoms with E-state index in [1.54, 1.807) is 29.2 Å². The molecule has 0 atom stereocenters. The first-order valence-corrected chi connectivity index (χ1v) is 9.45. The summed E-state index contributed by atoms with van der Waals surface area (Å²) in [5, 5.41) is 4.38. The predicted molar refractivity (Wildman–Crippen MR) is 108 cm³/mol. The Balaban J connectivity index is 1.35. The molecular weight excluding hydrogens is 385 g/mol. The summed E-state index contributed by atoms with van der Waals surface area (Å²) in [6, 6.07) is 16.1. The van der Waals surface area contributed by atoms with Crippen LogP contribution < -0.4 is 5.56 Å². The number of fused-ring (bicyclic) bond motifs is 1. The summed E-state index contributed by atoms with van der Waals surface area (Å²) >= 11 is 0. The van der Waals surface area contributed by atoms with Gasteiger partial charge in [-0.2, -0.15) is 5.10 Å². The van der Waals surface area contributed by atoms with E-state index in [0.29, 0.717) is 29.9 Å². The van der Waals surface area contributed by atoms with Crippen LogP contribution >= 0.6 is 0 Å². The van der Waals surface area contributed by atoms with Crippen molar-refractivity contribution in [3.05, 3.63) is 88.7 Å². The van der Waals surface area contributed by atoms with Crippen molar-refractivity contribution in [2.45, 2.75) is 6.04 Å². The van der Waals surface area contributed by atoms with Gasteiger partial charge >= 0.3 is 0 Å². The normalized spacial score (nSPS) is 14.0. The van der Waals surface area contributed by atoms with Crippen LogP contribution in [0.2, 0.25) is 0 Å². The molecule has 1 saturated heterocycles. The first kappa shape index (κ1) is 18.1. The molecule has 148 valence electrons. The minimum atomic E-state index is -0.371. The lowest BCUT2D eigenvalue weighted by Crippen LogP contribution is -2.53.